The topological polar surface area (TPSA) is 75.4 Å². The molecule has 2 aromatic heterocycles. The molecule has 0 aromatic carbocycles. The minimum absolute atomic E-state index is 0.132. The summed E-state index contributed by atoms with van der Waals surface area (Å²) >= 11 is 0. The summed E-state index contributed by atoms with van der Waals surface area (Å²) in [6, 6.07) is 6.44. The number of pyridine rings is 1. The fourth-order valence-electron chi connectivity index (χ4n) is 2.04. The van der Waals surface area contributed by atoms with E-state index in [4.69, 9.17) is 4.42 Å². The van der Waals surface area contributed by atoms with Gasteiger partial charge in [-0.3, -0.25) is 4.98 Å². The van der Waals surface area contributed by atoms with Crippen LogP contribution in [0, 0.1) is 0 Å². The van der Waals surface area contributed by atoms with Crippen molar-refractivity contribution in [3.63, 3.8) is 0 Å². The van der Waals surface area contributed by atoms with Crippen LogP contribution in [-0.4, -0.2) is 29.0 Å². The van der Waals surface area contributed by atoms with Gasteiger partial charge in [-0.05, 0) is 37.6 Å². The van der Waals surface area contributed by atoms with Gasteiger partial charge in [0.15, 0.2) is 0 Å². The van der Waals surface area contributed by atoms with E-state index in [0.717, 1.165) is 6.42 Å². The lowest BCUT2D eigenvalue weighted by atomic mass is 10.2. The molecule has 1 N–H and O–H groups in total. The summed E-state index contributed by atoms with van der Waals surface area (Å²) < 4.78 is 5.24. The van der Waals surface area contributed by atoms with E-state index in [1.807, 2.05) is 13.8 Å². The number of hydrogen-bond acceptors (Lipinski definition) is 4. The van der Waals surface area contributed by atoms with Crippen molar-refractivity contribution in [2.75, 3.05) is 18.4 Å². The molecule has 0 radical (unpaired) electrons. The molecule has 6 nitrogen and oxygen atoms in total. The van der Waals surface area contributed by atoms with E-state index < -0.39 is 5.63 Å². The lowest BCUT2D eigenvalue weighted by Gasteiger charge is -2.20. The minimum atomic E-state index is -0.581. The Morgan fingerprint density at radius 1 is 1.32 bits per heavy atom. The molecule has 0 fully saturated rings. The highest BCUT2D eigenvalue weighted by Crippen LogP contribution is 2.17. The van der Waals surface area contributed by atoms with Crippen LogP contribution < -0.4 is 10.9 Å². The number of nitrogens with one attached hydrogen (secondary N) is 1. The number of aromatic nitrogens is 1. The van der Waals surface area contributed by atoms with Crippen molar-refractivity contribution in [3.8, 4) is 11.3 Å². The third-order valence-electron chi connectivity index (χ3n) is 3.17. The van der Waals surface area contributed by atoms with Gasteiger partial charge in [0.1, 0.15) is 11.4 Å². The molecule has 116 valence electrons. The van der Waals surface area contributed by atoms with Crippen molar-refractivity contribution in [1.29, 1.82) is 0 Å². The second-order valence-corrected chi connectivity index (χ2v) is 4.75. The van der Waals surface area contributed by atoms with Gasteiger partial charge in [0, 0.05) is 31.0 Å². The maximum absolute atomic E-state index is 12.1. The Morgan fingerprint density at radius 3 is 2.73 bits per heavy atom. The number of nitrogens with zero attached hydrogens (tertiary/aromatic N) is 2. The van der Waals surface area contributed by atoms with Gasteiger partial charge >= 0.3 is 11.7 Å². The Balaban J connectivity index is 2.17. The third kappa shape index (κ3) is 3.72. The Labute approximate surface area is 128 Å². The molecule has 0 spiro atoms. The highest BCUT2D eigenvalue weighted by Gasteiger charge is 2.13. The van der Waals surface area contributed by atoms with E-state index in [2.05, 4.69) is 10.3 Å². The van der Waals surface area contributed by atoms with Gasteiger partial charge in [-0.25, -0.2) is 9.59 Å². The van der Waals surface area contributed by atoms with Crippen LogP contribution in [0.1, 0.15) is 20.3 Å². The molecule has 6 heteroatoms. The summed E-state index contributed by atoms with van der Waals surface area (Å²) in [5.41, 5.74) is 0.257. The predicted octanol–water partition coefficient (Wildman–Crippen LogP) is 2.97. The monoisotopic (exact) mass is 301 g/mol. The van der Waals surface area contributed by atoms with Crippen molar-refractivity contribution in [2.45, 2.75) is 20.3 Å². The van der Waals surface area contributed by atoms with E-state index in [9.17, 15) is 9.59 Å². The Bertz CT molecular complexity index is 683. The van der Waals surface area contributed by atoms with E-state index in [0.29, 0.717) is 24.4 Å². The standard InChI is InChI=1S/C16H19N3O3/c1-3-10-19(4-2)16(21)18-13-7-8-14(22-15(13)20)12-6-5-9-17-11-12/h5-9,11H,3-4,10H2,1-2H3,(H,18,21). The predicted molar refractivity (Wildman–Crippen MR) is 84.8 cm³/mol. The molecular formula is C16H19N3O3. The second-order valence-electron chi connectivity index (χ2n) is 4.75. The van der Waals surface area contributed by atoms with E-state index in [-0.39, 0.29) is 11.7 Å². The second kappa shape index (κ2) is 7.40. The summed E-state index contributed by atoms with van der Waals surface area (Å²) in [5, 5.41) is 2.59. The van der Waals surface area contributed by atoms with Crippen molar-refractivity contribution in [2.24, 2.45) is 0 Å². The quantitative estimate of drug-likeness (QED) is 0.921. The first-order chi connectivity index (χ1) is 10.7. The van der Waals surface area contributed by atoms with Crippen LogP contribution in [0.15, 0.2) is 45.9 Å². The van der Waals surface area contributed by atoms with Gasteiger partial charge in [0.05, 0.1) is 0 Å². The normalized spacial score (nSPS) is 10.3. The zero-order valence-electron chi connectivity index (χ0n) is 12.7. The number of anilines is 1. The van der Waals surface area contributed by atoms with Crippen molar-refractivity contribution in [1.82, 2.24) is 9.88 Å². The molecule has 2 aromatic rings. The fraction of sp³-hybridized carbons (Fsp3) is 0.312. The van der Waals surface area contributed by atoms with Gasteiger partial charge in [-0.2, -0.15) is 0 Å². The first kappa shape index (κ1) is 15.8. The largest absolute Gasteiger partial charge is 0.421 e. The highest BCUT2D eigenvalue weighted by molar-refractivity contribution is 5.89. The number of amides is 2. The molecule has 0 aliphatic rings. The zero-order chi connectivity index (χ0) is 15.9. The minimum Gasteiger partial charge on any atom is -0.421 e. The average molecular weight is 301 g/mol. The molecule has 0 saturated carbocycles. The van der Waals surface area contributed by atoms with Crippen LogP contribution in [0.2, 0.25) is 0 Å². The molecule has 2 amide bonds. The van der Waals surface area contributed by atoms with Gasteiger partial charge in [-0.1, -0.05) is 6.92 Å². The summed E-state index contributed by atoms with van der Waals surface area (Å²) in [7, 11) is 0. The summed E-state index contributed by atoms with van der Waals surface area (Å²) in [5.74, 6) is 0.414. The number of rotatable bonds is 5. The first-order valence-corrected chi connectivity index (χ1v) is 7.26. The molecule has 2 heterocycles. The van der Waals surface area contributed by atoms with Crippen LogP contribution in [0.4, 0.5) is 10.5 Å². The van der Waals surface area contributed by atoms with Crippen LogP contribution in [-0.2, 0) is 0 Å². The van der Waals surface area contributed by atoms with Crippen LogP contribution in [0.25, 0.3) is 11.3 Å². The van der Waals surface area contributed by atoms with Crippen LogP contribution in [0.3, 0.4) is 0 Å². The zero-order valence-corrected chi connectivity index (χ0v) is 12.7. The molecule has 22 heavy (non-hydrogen) atoms. The van der Waals surface area contributed by atoms with Crippen LogP contribution in [0.5, 0.6) is 0 Å². The number of carbonyl (C=O) groups is 1. The number of hydrogen-bond donors (Lipinski definition) is 1. The number of urea groups is 1. The lowest BCUT2D eigenvalue weighted by Crippen LogP contribution is -2.36. The fourth-order valence-corrected chi connectivity index (χ4v) is 2.04. The maximum atomic E-state index is 12.1. The van der Waals surface area contributed by atoms with Crippen molar-refractivity contribution < 1.29 is 9.21 Å². The highest BCUT2D eigenvalue weighted by atomic mass is 16.4. The first-order valence-electron chi connectivity index (χ1n) is 7.26. The van der Waals surface area contributed by atoms with Crippen LogP contribution >= 0.6 is 0 Å². The Kier molecular flexibility index (Phi) is 5.30. The van der Waals surface area contributed by atoms with E-state index >= 15 is 0 Å². The molecule has 0 aliphatic carbocycles. The van der Waals surface area contributed by atoms with Gasteiger partial charge in [0.2, 0.25) is 0 Å². The maximum Gasteiger partial charge on any atom is 0.360 e. The summed E-state index contributed by atoms with van der Waals surface area (Å²) in [4.78, 5) is 29.7. The van der Waals surface area contributed by atoms with Crippen molar-refractivity contribution in [3.05, 3.63) is 47.1 Å². The Hall–Kier alpha value is -2.63. The van der Waals surface area contributed by atoms with E-state index in [1.165, 1.54) is 0 Å². The average Bonchev–Trinajstić information content (AvgIpc) is 2.55. The van der Waals surface area contributed by atoms with Gasteiger partial charge < -0.3 is 14.6 Å². The third-order valence-corrected chi connectivity index (χ3v) is 3.17. The smallest absolute Gasteiger partial charge is 0.360 e. The molecule has 0 bridgehead atoms. The lowest BCUT2D eigenvalue weighted by molar-refractivity contribution is 0.214. The molecule has 0 unspecified atom stereocenters. The van der Waals surface area contributed by atoms with E-state index in [1.54, 1.807) is 41.6 Å². The SMILES string of the molecule is CCCN(CC)C(=O)Nc1ccc(-c2cccnc2)oc1=O. The number of carbonyl (C=O) groups excluding carboxylic acids is 1. The Morgan fingerprint density at radius 2 is 2.14 bits per heavy atom. The molecular weight excluding hydrogens is 282 g/mol. The van der Waals surface area contributed by atoms with Crippen molar-refractivity contribution >= 4 is 11.7 Å². The molecule has 0 saturated heterocycles. The summed E-state index contributed by atoms with van der Waals surface area (Å²) in [6.07, 6.45) is 4.11. The molecule has 2 rings (SSSR count). The molecule has 0 atom stereocenters. The molecule has 0 aliphatic heterocycles. The van der Waals surface area contributed by atoms with Gasteiger partial charge in [0.25, 0.3) is 0 Å². The van der Waals surface area contributed by atoms with Gasteiger partial charge in [-0.15, -0.1) is 0 Å². The summed E-state index contributed by atoms with van der Waals surface area (Å²) in [6.45, 7) is 5.11.